The third-order valence-corrected chi connectivity index (χ3v) is 3.35. The van der Waals surface area contributed by atoms with E-state index in [0.717, 1.165) is 0 Å². The van der Waals surface area contributed by atoms with Gasteiger partial charge in [-0.05, 0) is 44.0 Å². The summed E-state index contributed by atoms with van der Waals surface area (Å²) in [7, 11) is 0. The molecule has 0 aliphatic rings. The molecule has 20 heavy (non-hydrogen) atoms. The van der Waals surface area contributed by atoms with E-state index in [4.69, 9.17) is 0 Å². The average molecular weight is 273 g/mol. The Hall–Kier alpha value is -2.43. The number of carboxylic acids is 1. The first-order valence-electron chi connectivity index (χ1n) is 6.19. The van der Waals surface area contributed by atoms with E-state index >= 15 is 0 Å². The minimum absolute atomic E-state index is 0.0124. The lowest BCUT2D eigenvalue weighted by molar-refractivity contribution is -0.117. The van der Waals surface area contributed by atoms with Crippen LogP contribution >= 0.6 is 0 Å². The first-order chi connectivity index (χ1) is 9.32. The van der Waals surface area contributed by atoms with Gasteiger partial charge in [0.05, 0.1) is 17.6 Å². The number of carboxylic acid groups (broad SMARTS) is 1. The summed E-state index contributed by atoms with van der Waals surface area (Å²) in [6, 6.07) is 4.62. The maximum atomic E-state index is 11.9. The Labute approximate surface area is 115 Å². The lowest BCUT2D eigenvalue weighted by Gasteiger charge is -2.14. The van der Waals surface area contributed by atoms with E-state index in [1.54, 1.807) is 26.0 Å². The van der Waals surface area contributed by atoms with Crippen LogP contribution in [0.2, 0.25) is 0 Å². The highest BCUT2D eigenvalue weighted by Gasteiger charge is 2.16. The van der Waals surface area contributed by atoms with Gasteiger partial charge in [-0.25, -0.2) is 4.79 Å². The number of fused-ring (bicyclic) bond motifs is 1. The van der Waals surface area contributed by atoms with Gasteiger partial charge in [-0.15, -0.1) is 0 Å². The average Bonchev–Trinajstić information content (AvgIpc) is 2.32. The number of ketones is 1. The molecule has 0 amide bonds. The molecular weight excluding hydrogens is 258 g/mol. The first-order valence-corrected chi connectivity index (χ1v) is 6.19. The summed E-state index contributed by atoms with van der Waals surface area (Å²) in [4.78, 5) is 34.5. The van der Waals surface area contributed by atoms with Crippen molar-refractivity contribution in [2.75, 3.05) is 0 Å². The Kier molecular flexibility index (Phi) is 3.44. The first kappa shape index (κ1) is 14.0. The van der Waals surface area contributed by atoms with Crippen LogP contribution in [0.1, 0.15) is 28.4 Å². The molecule has 1 aromatic heterocycles. The molecule has 0 fully saturated rings. The summed E-state index contributed by atoms with van der Waals surface area (Å²) in [5.74, 6) is -1.12. The van der Waals surface area contributed by atoms with Gasteiger partial charge in [0.25, 0.3) is 5.56 Å². The Bertz CT molecular complexity index is 787. The molecule has 2 aromatic rings. The molecule has 1 N–H and O–H groups in total. The fourth-order valence-electron chi connectivity index (χ4n) is 2.49. The van der Waals surface area contributed by atoms with E-state index in [1.807, 2.05) is 0 Å². The number of benzene rings is 1. The van der Waals surface area contributed by atoms with E-state index in [9.17, 15) is 19.5 Å². The molecule has 104 valence electrons. The molecule has 0 aliphatic heterocycles. The van der Waals surface area contributed by atoms with Gasteiger partial charge in [0.15, 0.2) is 0 Å². The summed E-state index contributed by atoms with van der Waals surface area (Å²) in [6.07, 6.45) is 0. The molecular formula is C15H15NO4. The minimum atomic E-state index is -0.994. The van der Waals surface area contributed by atoms with Gasteiger partial charge in [-0.1, -0.05) is 0 Å². The summed E-state index contributed by atoms with van der Waals surface area (Å²) in [5.41, 5.74) is 1.74. The van der Waals surface area contributed by atoms with Crippen molar-refractivity contribution in [3.63, 3.8) is 0 Å². The summed E-state index contributed by atoms with van der Waals surface area (Å²) in [6.45, 7) is 4.80. The van der Waals surface area contributed by atoms with Crippen molar-refractivity contribution in [1.29, 1.82) is 0 Å². The number of pyridine rings is 1. The van der Waals surface area contributed by atoms with Crippen molar-refractivity contribution >= 4 is 22.7 Å². The Balaban J connectivity index is 2.90. The van der Waals surface area contributed by atoms with Gasteiger partial charge in [0, 0.05) is 11.5 Å². The van der Waals surface area contributed by atoms with Gasteiger partial charge in [0.2, 0.25) is 0 Å². The number of carbonyl (C=O) groups excluding carboxylic acids is 1. The molecule has 0 radical (unpaired) electrons. The van der Waals surface area contributed by atoms with Gasteiger partial charge in [-0.2, -0.15) is 0 Å². The van der Waals surface area contributed by atoms with E-state index in [-0.39, 0.29) is 23.5 Å². The van der Waals surface area contributed by atoms with Crippen molar-refractivity contribution in [2.24, 2.45) is 0 Å². The fraction of sp³-hybridized carbons (Fsp3) is 0.267. The second-order valence-electron chi connectivity index (χ2n) is 4.89. The van der Waals surface area contributed by atoms with Gasteiger partial charge in [0.1, 0.15) is 5.78 Å². The molecule has 5 nitrogen and oxygen atoms in total. The molecule has 0 saturated carbocycles. The molecule has 1 aromatic carbocycles. The van der Waals surface area contributed by atoms with Crippen molar-refractivity contribution in [3.05, 3.63) is 45.2 Å². The van der Waals surface area contributed by atoms with E-state index in [1.165, 1.54) is 17.6 Å². The largest absolute Gasteiger partial charge is 0.478 e. The van der Waals surface area contributed by atoms with E-state index < -0.39 is 5.97 Å². The fourth-order valence-corrected chi connectivity index (χ4v) is 2.49. The highest BCUT2D eigenvalue weighted by molar-refractivity contribution is 5.98. The van der Waals surface area contributed by atoms with Crippen molar-refractivity contribution in [1.82, 2.24) is 4.57 Å². The SMILES string of the molecule is CC(=O)Cn1c(=O)ccc2c(C)c(C(=O)O)c(C)cc21. The molecule has 5 heteroatoms. The normalized spacial score (nSPS) is 10.8. The zero-order chi connectivity index (χ0) is 15.0. The molecule has 0 saturated heterocycles. The highest BCUT2D eigenvalue weighted by atomic mass is 16.4. The van der Waals surface area contributed by atoms with E-state index in [2.05, 4.69) is 0 Å². The van der Waals surface area contributed by atoms with Crippen LogP contribution in [-0.4, -0.2) is 21.4 Å². The monoisotopic (exact) mass is 273 g/mol. The third kappa shape index (κ3) is 2.22. The molecule has 1 heterocycles. The zero-order valence-electron chi connectivity index (χ0n) is 11.6. The maximum Gasteiger partial charge on any atom is 0.336 e. The topological polar surface area (TPSA) is 76.4 Å². The van der Waals surface area contributed by atoms with Crippen LogP contribution in [0.4, 0.5) is 0 Å². The number of rotatable bonds is 3. The van der Waals surface area contributed by atoms with Gasteiger partial charge < -0.3 is 9.67 Å². The lowest BCUT2D eigenvalue weighted by Crippen LogP contribution is -2.23. The van der Waals surface area contributed by atoms with Crippen molar-refractivity contribution < 1.29 is 14.7 Å². The third-order valence-electron chi connectivity index (χ3n) is 3.35. The summed E-state index contributed by atoms with van der Waals surface area (Å²) >= 11 is 0. The number of hydrogen-bond donors (Lipinski definition) is 1. The smallest absolute Gasteiger partial charge is 0.336 e. The Morgan fingerprint density at radius 2 is 1.90 bits per heavy atom. The Morgan fingerprint density at radius 3 is 2.45 bits per heavy atom. The van der Waals surface area contributed by atoms with Crippen LogP contribution in [0.15, 0.2) is 23.0 Å². The highest BCUT2D eigenvalue weighted by Crippen LogP contribution is 2.24. The van der Waals surface area contributed by atoms with Crippen LogP contribution < -0.4 is 5.56 Å². The molecule has 0 spiro atoms. The van der Waals surface area contributed by atoms with Crippen LogP contribution in [0.3, 0.4) is 0 Å². The second kappa shape index (κ2) is 4.92. The Morgan fingerprint density at radius 1 is 1.25 bits per heavy atom. The number of Topliss-reactive ketones (excluding diaryl/α,β-unsaturated/α-hetero) is 1. The minimum Gasteiger partial charge on any atom is -0.478 e. The predicted molar refractivity (Wildman–Crippen MR) is 75.3 cm³/mol. The van der Waals surface area contributed by atoms with Gasteiger partial charge >= 0.3 is 5.97 Å². The van der Waals surface area contributed by atoms with E-state index in [0.29, 0.717) is 22.0 Å². The van der Waals surface area contributed by atoms with Crippen molar-refractivity contribution in [3.8, 4) is 0 Å². The number of hydrogen-bond acceptors (Lipinski definition) is 3. The number of aromatic carboxylic acids is 1. The number of aryl methyl sites for hydroxylation is 2. The van der Waals surface area contributed by atoms with Crippen LogP contribution in [-0.2, 0) is 11.3 Å². The maximum absolute atomic E-state index is 11.9. The van der Waals surface area contributed by atoms with Gasteiger partial charge in [-0.3, -0.25) is 9.59 Å². The van der Waals surface area contributed by atoms with Crippen LogP contribution in [0, 0.1) is 13.8 Å². The van der Waals surface area contributed by atoms with Crippen molar-refractivity contribution in [2.45, 2.75) is 27.3 Å². The molecule has 0 unspecified atom stereocenters. The van der Waals surface area contributed by atoms with Crippen LogP contribution in [0.25, 0.3) is 10.9 Å². The zero-order valence-corrected chi connectivity index (χ0v) is 11.6. The summed E-state index contributed by atoms with van der Waals surface area (Å²) < 4.78 is 1.38. The molecule has 0 aliphatic carbocycles. The quantitative estimate of drug-likeness (QED) is 0.926. The molecule has 0 bridgehead atoms. The van der Waals surface area contributed by atoms with Crippen LogP contribution in [0.5, 0.6) is 0 Å². The standard InChI is InChI=1S/C15H15NO4/c1-8-6-12-11(10(3)14(8)15(19)20)4-5-13(18)16(12)7-9(2)17/h4-6H,7H2,1-3H3,(H,19,20). The number of carbonyl (C=O) groups is 2. The number of aromatic nitrogens is 1. The molecule has 2 rings (SSSR count). The predicted octanol–water partition coefficient (Wildman–Crippen LogP) is 1.91. The number of nitrogens with zero attached hydrogens (tertiary/aromatic N) is 1. The second-order valence-corrected chi connectivity index (χ2v) is 4.89. The molecule has 0 atom stereocenters. The lowest BCUT2D eigenvalue weighted by atomic mass is 9.98. The summed E-state index contributed by atoms with van der Waals surface area (Å²) in [5, 5.41) is 9.93.